The van der Waals surface area contributed by atoms with E-state index in [1.165, 1.54) is 6.07 Å². The van der Waals surface area contributed by atoms with Crippen molar-refractivity contribution in [2.75, 3.05) is 25.1 Å². The highest BCUT2D eigenvalue weighted by molar-refractivity contribution is 5.64. The molecule has 0 saturated carbocycles. The number of nitrogens with one attached hydrogen (secondary N) is 1. The van der Waals surface area contributed by atoms with E-state index in [9.17, 15) is 15.2 Å². The predicted molar refractivity (Wildman–Crippen MR) is 88.1 cm³/mol. The standard InChI is InChI=1S/C17H18N2O5/c20-17(11-23-12-17)10-18-15-7-6-14(8-16(15)19(21)22)24-9-13-4-2-1-3-5-13/h1-8,18,20H,9-12H2. The highest BCUT2D eigenvalue weighted by Gasteiger charge is 2.36. The Kier molecular flexibility index (Phi) is 4.64. The normalized spacial score (nSPS) is 15.4. The number of nitro benzene ring substituents is 1. The van der Waals surface area contributed by atoms with Crippen LogP contribution >= 0.6 is 0 Å². The van der Waals surface area contributed by atoms with E-state index in [0.717, 1.165) is 5.56 Å². The number of nitro groups is 1. The van der Waals surface area contributed by atoms with Crippen molar-refractivity contribution in [3.63, 3.8) is 0 Å². The molecule has 1 heterocycles. The van der Waals surface area contributed by atoms with Gasteiger partial charge in [0.2, 0.25) is 0 Å². The molecule has 2 N–H and O–H groups in total. The lowest BCUT2D eigenvalue weighted by atomic mass is 10.0. The van der Waals surface area contributed by atoms with Gasteiger partial charge in [-0.25, -0.2) is 0 Å². The summed E-state index contributed by atoms with van der Waals surface area (Å²) >= 11 is 0. The van der Waals surface area contributed by atoms with E-state index in [-0.39, 0.29) is 25.4 Å². The Bertz CT molecular complexity index is 716. The van der Waals surface area contributed by atoms with Crippen molar-refractivity contribution in [3.8, 4) is 5.75 Å². The number of nitrogens with zero attached hydrogens (tertiary/aromatic N) is 1. The van der Waals surface area contributed by atoms with E-state index in [0.29, 0.717) is 18.0 Å². The van der Waals surface area contributed by atoms with E-state index in [2.05, 4.69) is 5.32 Å². The highest BCUT2D eigenvalue weighted by atomic mass is 16.6. The largest absolute Gasteiger partial charge is 0.489 e. The van der Waals surface area contributed by atoms with Crippen molar-refractivity contribution in [1.29, 1.82) is 0 Å². The zero-order chi connectivity index (χ0) is 17.0. The summed E-state index contributed by atoms with van der Waals surface area (Å²) in [6.45, 7) is 0.984. The summed E-state index contributed by atoms with van der Waals surface area (Å²) in [4.78, 5) is 10.8. The Balaban J connectivity index is 1.68. The second-order valence-corrected chi connectivity index (χ2v) is 5.78. The zero-order valence-electron chi connectivity index (χ0n) is 13.0. The number of anilines is 1. The second-order valence-electron chi connectivity index (χ2n) is 5.78. The molecular weight excluding hydrogens is 312 g/mol. The van der Waals surface area contributed by atoms with Gasteiger partial charge >= 0.3 is 0 Å². The van der Waals surface area contributed by atoms with E-state index < -0.39 is 10.5 Å². The van der Waals surface area contributed by atoms with Gasteiger partial charge in [-0.3, -0.25) is 10.1 Å². The molecule has 1 saturated heterocycles. The molecule has 1 fully saturated rings. The van der Waals surface area contributed by atoms with Gasteiger partial charge in [0.15, 0.2) is 0 Å². The van der Waals surface area contributed by atoms with Gasteiger partial charge in [0.1, 0.15) is 23.6 Å². The van der Waals surface area contributed by atoms with Crippen LogP contribution in [-0.4, -0.2) is 35.4 Å². The summed E-state index contributed by atoms with van der Waals surface area (Å²) in [6, 6.07) is 14.2. The van der Waals surface area contributed by atoms with Gasteiger partial charge in [-0.05, 0) is 17.7 Å². The number of rotatable bonds is 7. The summed E-state index contributed by atoms with van der Waals surface area (Å²) in [5.41, 5.74) is 0.266. The number of aliphatic hydroxyl groups is 1. The molecular formula is C17H18N2O5. The molecule has 1 aliphatic rings. The van der Waals surface area contributed by atoms with Crippen LogP contribution in [0.1, 0.15) is 5.56 Å². The van der Waals surface area contributed by atoms with Crippen LogP contribution in [0.5, 0.6) is 5.75 Å². The first-order valence-corrected chi connectivity index (χ1v) is 7.55. The maximum Gasteiger partial charge on any atom is 0.296 e. The van der Waals surface area contributed by atoms with Gasteiger partial charge in [0, 0.05) is 6.54 Å². The Morgan fingerprint density at radius 3 is 2.62 bits per heavy atom. The maximum atomic E-state index is 11.3. The van der Waals surface area contributed by atoms with Crippen LogP contribution in [0.25, 0.3) is 0 Å². The molecule has 24 heavy (non-hydrogen) atoms. The highest BCUT2D eigenvalue weighted by Crippen LogP contribution is 2.30. The average Bonchev–Trinajstić information content (AvgIpc) is 2.57. The first kappa shape index (κ1) is 16.2. The lowest BCUT2D eigenvalue weighted by Gasteiger charge is -2.36. The topological polar surface area (TPSA) is 93.9 Å². The van der Waals surface area contributed by atoms with E-state index in [1.807, 2.05) is 30.3 Å². The molecule has 0 spiro atoms. The third-order valence-electron chi connectivity index (χ3n) is 3.76. The Morgan fingerprint density at radius 1 is 1.25 bits per heavy atom. The predicted octanol–water partition coefficient (Wildman–Crippen LogP) is 2.35. The SMILES string of the molecule is O=[N+]([O-])c1cc(OCc2ccccc2)ccc1NCC1(O)COC1. The smallest absolute Gasteiger partial charge is 0.296 e. The summed E-state index contributed by atoms with van der Waals surface area (Å²) in [6.07, 6.45) is 0. The van der Waals surface area contributed by atoms with Crippen molar-refractivity contribution < 1.29 is 19.5 Å². The van der Waals surface area contributed by atoms with Crippen LogP contribution in [0.4, 0.5) is 11.4 Å². The van der Waals surface area contributed by atoms with E-state index >= 15 is 0 Å². The number of benzene rings is 2. The fourth-order valence-corrected chi connectivity index (χ4v) is 2.34. The maximum absolute atomic E-state index is 11.3. The van der Waals surface area contributed by atoms with Gasteiger partial charge in [0.05, 0.1) is 24.2 Å². The molecule has 0 radical (unpaired) electrons. The first-order valence-electron chi connectivity index (χ1n) is 7.55. The van der Waals surface area contributed by atoms with Crippen LogP contribution in [-0.2, 0) is 11.3 Å². The van der Waals surface area contributed by atoms with Crippen LogP contribution in [0.3, 0.4) is 0 Å². The molecule has 0 unspecified atom stereocenters. The van der Waals surface area contributed by atoms with Crippen LogP contribution in [0, 0.1) is 10.1 Å². The van der Waals surface area contributed by atoms with Gasteiger partial charge in [-0.2, -0.15) is 0 Å². The summed E-state index contributed by atoms with van der Waals surface area (Å²) < 4.78 is 10.6. The van der Waals surface area contributed by atoms with Gasteiger partial charge < -0.3 is 19.9 Å². The van der Waals surface area contributed by atoms with Crippen molar-refractivity contribution in [2.24, 2.45) is 0 Å². The van der Waals surface area contributed by atoms with Gasteiger partial charge in [-0.15, -0.1) is 0 Å². The molecule has 0 amide bonds. The molecule has 1 aliphatic heterocycles. The number of hydrogen-bond acceptors (Lipinski definition) is 6. The monoisotopic (exact) mass is 330 g/mol. The zero-order valence-corrected chi connectivity index (χ0v) is 13.0. The average molecular weight is 330 g/mol. The van der Waals surface area contributed by atoms with Crippen molar-refractivity contribution >= 4 is 11.4 Å². The first-order chi connectivity index (χ1) is 11.6. The summed E-state index contributed by atoms with van der Waals surface area (Å²) in [7, 11) is 0. The molecule has 0 bridgehead atoms. The fourth-order valence-electron chi connectivity index (χ4n) is 2.34. The lowest BCUT2D eigenvalue weighted by molar-refractivity contribution is -0.384. The minimum atomic E-state index is -0.962. The molecule has 2 aromatic carbocycles. The molecule has 7 nitrogen and oxygen atoms in total. The van der Waals surface area contributed by atoms with E-state index in [4.69, 9.17) is 9.47 Å². The Morgan fingerprint density at radius 2 is 2.00 bits per heavy atom. The van der Waals surface area contributed by atoms with Crippen molar-refractivity contribution in [3.05, 3.63) is 64.2 Å². The van der Waals surface area contributed by atoms with E-state index in [1.54, 1.807) is 12.1 Å². The van der Waals surface area contributed by atoms with Gasteiger partial charge in [0.25, 0.3) is 5.69 Å². The minimum absolute atomic E-state index is 0.0931. The van der Waals surface area contributed by atoms with Crippen molar-refractivity contribution in [1.82, 2.24) is 0 Å². The van der Waals surface area contributed by atoms with Crippen molar-refractivity contribution in [2.45, 2.75) is 12.2 Å². The van der Waals surface area contributed by atoms with Crippen LogP contribution in [0.15, 0.2) is 48.5 Å². The fraction of sp³-hybridized carbons (Fsp3) is 0.294. The summed E-state index contributed by atoms with van der Waals surface area (Å²) in [5, 5.41) is 24.2. The molecule has 0 atom stereocenters. The lowest BCUT2D eigenvalue weighted by Crippen LogP contribution is -2.54. The number of hydrogen-bond donors (Lipinski definition) is 2. The Labute approximate surface area is 139 Å². The third kappa shape index (κ3) is 3.81. The van der Waals surface area contributed by atoms with Crippen LogP contribution in [0.2, 0.25) is 0 Å². The second kappa shape index (κ2) is 6.86. The Hall–Kier alpha value is -2.64. The number of ether oxygens (including phenoxy) is 2. The quantitative estimate of drug-likeness (QED) is 0.598. The molecule has 2 aromatic rings. The summed E-state index contributed by atoms with van der Waals surface area (Å²) in [5.74, 6) is 0.418. The molecule has 126 valence electrons. The third-order valence-corrected chi connectivity index (χ3v) is 3.76. The molecule has 0 aliphatic carbocycles. The van der Waals surface area contributed by atoms with Crippen LogP contribution < -0.4 is 10.1 Å². The van der Waals surface area contributed by atoms with Gasteiger partial charge in [-0.1, -0.05) is 30.3 Å². The molecule has 3 rings (SSSR count). The minimum Gasteiger partial charge on any atom is -0.489 e. The molecule has 0 aromatic heterocycles. The molecule has 7 heteroatoms.